The van der Waals surface area contributed by atoms with Gasteiger partial charge < -0.3 is 9.64 Å². The molecule has 0 bridgehead atoms. The lowest BCUT2D eigenvalue weighted by molar-refractivity contribution is -0.187. The van der Waals surface area contributed by atoms with E-state index in [1.165, 1.54) is 16.7 Å². The predicted octanol–water partition coefficient (Wildman–Crippen LogP) is 3.59. The lowest BCUT2D eigenvalue weighted by Gasteiger charge is -2.33. The average molecular weight is 333 g/mol. The SMILES string of the molecule is COc1cccc(SCC(=O)N2CCC[C@H](C(F)(F)F)C2)c1. The number of nitrogens with zero attached hydrogens (tertiary/aromatic N) is 1. The Bertz CT molecular complexity index is 522. The molecule has 122 valence electrons. The number of amides is 1. The molecule has 3 nitrogen and oxygen atoms in total. The number of ether oxygens (including phenoxy) is 1. The van der Waals surface area contributed by atoms with Crippen LogP contribution in [0.25, 0.3) is 0 Å². The number of likely N-dealkylation sites (tertiary alicyclic amines) is 1. The quantitative estimate of drug-likeness (QED) is 0.789. The van der Waals surface area contributed by atoms with Gasteiger partial charge >= 0.3 is 6.18 Å². The molecular weight excluding hydrogens is 315 g/mol. The number of piperidine rings is 1. The van der Waals surface area contributed by atoms with Crippen LogP contribution in [0.4, 0.5) is 13.2 Å². The second kappa shape index (κ2) is 7.26. The van der Waals surface area contributed by atoms with Crippen molar-refractivity contribution in [3.63, 3.8) is 0 Å². The molecule has 0 aromatic heterocycles. The van der Waals surface area contributed by atoms with Gasteiger partial charge in [-0.2, -0.15) is 13.2 Å². The number of carbonyl (C=O) groups excluding carboxylic acids is 1. The van der Waals surface area contributed by atoms with Crippen molar-refractivity contribution in [3.05, 3.63) is 24.3 Å². The first kappa shape index (κ1) is 17.0. The number of methoxy groups -OCH3 is 1. The Morgan fingerprint density at radius 1 is 1.45 bits per heavy atom. The number of alkyl halides is 3. The number of thioether (sulfide) groups is 1. The van der Waals surface area contributed by atoms with Crippen molar-refractivity contribution in [1.29, 1.82) is 0 Å². The molecule has 1 heterocycles. The van der Waals surface area contributed by atoms with Gasteiger partial charge in [0.25, 0.3) is 0 Å². The molecule has 1 aliphatic heterocycles. The van der Waals surface area contributed by atoms with Crippen LogP contribution in [0.1, 0.15) is 12.8 Å². The highest BCUT2D eigenvalue weighted by atomic mass is 32.2. The zero-order valence-electron chi connectivity index (χ0n) is 12.2. The third-order valence-electron chi connectivity index (χ3n) is 3.64. The summed E-state index contributed by atoms with van der Waals surface area (Å²) in [6.45, 7) is 0.186. The van der Waals surface area contributed by atoms with E-state index < -0.39 is 12.1 Å². The van der Waals surface area contributed by atoms with Gasteiger partial charge in [-0.05, 0) is 31.0 Å². The monoisotopic (exact) mass is 333 g/mol. The van der Waals surface area contributed by atoms with Crippen molar-refractivity contribution >= 4 is 17.7 Å². The van der Waals surface area contributed by atoms with Crippen LogP contribution in [0.2, 0.25) is 0 Å². The van der Waals surface area contributed by atoms with Gasteiger partial charge in [-0.3, -0.25) is 4.79 Å². The van der Waals surface area contributed by atoms with Crippen LogP contribution in [0.5, 0.6) is 5.75 Å². The molecule has 0 spiro atoms. The van der Waals surface area contributed by atoms with Gasteiger partial charge in [-0.1, -0.05) is 6.07 Å². The molecule has 0 N–H and O–H groups in total. The Hall–Kier alpha value is -1.37. The minimum Gasteiger partial charge on any atom is -0.497 e. The van der Waals surface area contributed by atoms with Crippen LogP contribution in [0.15, 0.2) is 29.2 Å². The summed E-state index contributed by atoms with van der Waals surface area (Å²) in [5, 5.41) is 0. The molecule has 0 saturated carbocycles. The van der Waals surface area contributed by atoms with Crippen LogP contribution in [0.3, 0.4) is 0 Å². The number of benzene rings is 1. The molecule has 1 atom stereocenters. The summed E-state index contributed by atoms with van der Waals surface area (Å²) in [6, 6.07) is 7.25. The third kappa shape index (κ3) is 4.56. The van der Waals surface area contributed by atoms with E-state index in [0.29, 0.717) is 18.7 Å². The van der Waals surface area contributed by atoms with Crippen LogP contribution in [-0.2, 0) is 4.79 Å². The summed E-state index contributed by atoms with van der Waals surface area (Å²) < 4.78 is 43.4. The van der Waals surface area contributed by atoms with Crippen molar-refractivity contribution in [3.8, 4) is 5.75 Å². The molecule has 0 unspecified atom stereocenters. The van der Waals surface area contributed by atoms with Gasteiger partial charge in [0.15, 0.2) is 0 Å². The summed E-state index contributed by atoms with van der Waals surface area (Å²) in [6.07, 6.45) is -3.71. The van der Waals surface area contributed by atoms with Crippen molar-refractivity contribution in [2.24, 2.45) is 5.92 Å². The van der Waals surface area contributed by atoms with E-state index in [1.54, 1.807) is 19.2 Å². The molecule has 1 aromatic carbocycles. The third-order valence-corrected chi connectivity index (χ3v) is 4.62. The Morgan fingerprint density at radius 2 is 2.23 bits per heavy atom. The fraction of sp³-hybridized carbons (Fsp3) is 0.533. The standard InChI is InChI=1S/C15H18F3NO2S/c1-21-12-5-2-6-13(8-12)22-10-14(20)19-7-3-4-11(9-19)15(16,17)18/h2,5-6,8,11H,3-4,7,9-10H2,1H3/t11-/m0/s1. The van der Waals surface area contributed by atoms with Crippen LogP contribution in [-0.4, -0.2) is 42.9 Å². The van der Waals surface area contributed by atoms with E-state index in [9.17, 15) is 18.0 Å². The topological polar surface area (TPSA) is 29.5 Å². The lowest BCUT2D eigenvalue weighted by Crippen LogP contribution is -2.45. The fourth-order valence-corrected chi connectivity index (χ4v) is 3.25. The van der Waals surface area contributed by atoms with Crippen molar-refractivity contribution in [2.45, 2.75) is 23.9 Å². The van der Waals surface area contributed by atoms with Crippen molar-refractivity contribution in [1.82, 2.24) is 4.90 Å². The van der Waals surface area contributed by atoms with E-state index in [4.69, 9.17) is 4.74 Å². The van der Waals surface area contributed by atoms with Gasteiger partial charge in [0, 0.05) is 18.0 Å². The Kier molecular flexibility index (Phi) is 5.61. The van der Waals surface area contributed by atoms with E-state index in [-0.39, 0.29) is 24.6 Å². The Labute approximate surface area is 131 Å². The first-order valence-corrected chi connectivity index (χ1v) is 8.00. The first-order valence-electron chi connectivity index (χ1n) is 7.01. The minimum absolute atomic E-state index is 0.107. The van der Waals surface area contributed by atoms with Gasteiger partial charge in [0.2, 0.25) is 5.91 Å². The number of rotatable bonds is 4. The highest BCUT2D eigenvalue weighted by Crippen LogP contribution is 2.33. The molecule has 22 heavy (non-hydrogen) atoms. The minimum atomic E-state index is -4.22. The molecular formula is C15H18F3NO2S. The summed E-state index contributed by atoms with van der Waals surface area (Å²) in [5.74, 6) is -0.820. The summed E-state index contributed by atoms with van der Waals surface area (Å²) in [7, 11) is 1.56. The van der Waals surface area contributed by atoms with Crippen LogP contribution >= 0.6 is 11.8 Å². The van der Waals surface area contributed by atoms with Crippen molar-refractivity contribution in [2.75, 3.05) is 26.0 Å². The Morgan fingerprint density at radius 3 is 2.91 bits per heavy atom. The van der Waals surface area contributed by atoms with Gasteiger partial charge in [-0.15, -0.1) is 11.8 Å². The van der Waals surface area contributed by atoms with Crippen LogP contribution in [0, 0.1) is 5.92 Å². The lowest BCUT2D eigenvalue weighted by atomic mass is 9.97. The van der Waals surface area contributed by atoms with E-state index >= 15 is 0 Å². The second-order valence-electron chi connectivity index (χ2n) is 5.19. The average Bonchev–Trinajstić information content (AvgIpc) is 2.52. The van der Waals surface area contributed by atoms with Crippen molar-refractivity contribution < 1.29 is 22.7 Å². The number of halogens is 3. The molecule has 0 aliphatic carbocycles. The molecule has 1 aliphatic rings. The summed E-state index contributed by atoms with van der Waals surface area (Å²) in [5.41, 5.74) is 0. The summed E-state index contributed by atoms with van der Waals surface area (Å²) in [4.78, 5) is 14.3. The zero-order valence-corrected chi connectivity index (χ0v) is 13.0. The van der Waals surface area contributed by atoms with E-state index in [1.807, 2.05) is 12.1 Å². The molecule has 1 saturated heterocycles. The summed E-state index contributed by atoms with van der Waals surface area (Å²) >= 11 is 1.31. The van der Waals surface area contributed by atoms with E-state index in [2.05, 4.69) is 0 Å². The molecule has 0 radical (unpaired) electrons. The predicted molar refractivity (Wildman–Crippen MR) is 79.1 cm³/mol. The van der Waals surface area contributed by atoms with Gasteiger partial charge in [0.05, 0.1) is 18.8 Å². The maximum absolute atomic E-state index is 12.8. The zero-order chi connectivity index (χ0) is 16.2. The normalized spacial score (nSPS) is 19.1. The Balaban J connectivity index is 1.89. The number of carbonyl (C=O) groups is 1. The first-order chi connectivity index (χ1) is 10.4. The molecule has 2 rings (SSSR count). The molecule has 1 aromatic rings. The van der Waals surface area contributed by atoms with Gasteiger partial charge in [0.1, 0.15) is 5.75 Å². The second-order valence-corrected chi connectivity index (χ2v) is 6.24. The maximum atomic E-state index is 12.8. The number of hydrogen-bond donors (Lipinski definition) is 0. The molecule has 1 amide bonds. The fourth-order valence-electron chi connectivity index (χ4n) is 2.40. The van der Waals surface area contributed by atoms with Crippen LogP contribution < -0.4 is 4.74 Å². The largest absolute Gasteiger partial charge is 0.497 e. The highest BCUT2D eigenvalue weighted by Gasteiger charge is 2.42. The molecule has 7 heteroatoms. The van der Waals surface area contributed by atoms with E-state index in [0.717, 1.165) is 4.90 Å². The van der Waals surface area contributed by atoms with Gasteiger partial charge in [-0.25, -0.2) is 0 Å². The highest BCUT2D eigenvalue weighted by molar-refractivity contribution is 8.00. The maximum Gasteiger partial charge on any atom is 0.393 e. The molecule has 1 fully saturated rings. The smallest absolute Gasteiger partial charge is 0.393 e. The number of hydrogen-bond acceptors (Lipinski definition) is 3.